The van der Waals surface area contributed by atoms with E-state index in [0.29, 0.717) is 0 Å². The number of nitrogens with zero attached hydrogens (tertiary/aromatic N) is 3. The first-order valence-corrected chi connectivity index (χ1v) is 3.91. The Balaban J connectivity index is 2.83. The molecule has 0 fully saturated rings. The van der Waals surface area contributed by atoms with Gasteiger partial charge in [0.1, 0.15) is 0 Å². The second-order valence-corrected chi connectivity index (χ2v) is 2.26. The number of hydrogen-bond donors (Lipinski definition) is 0. The maximum atomic E-state index is 13.0. The van der Waals surface area contributed by atoms with E-state index in [0.717, 1.165) is 6.20 Å². The molecule has 1 aromatic rings. The highest BCUT2D eigenvalue weighted by atomic mass is 19.1. The Morgan fingerprint density at radius 2 is 2.43 bits per heavy atom. The maximum absolute atomic E-state index is 13.0. The van der Waals surface area contributed by atoms with Crippen LogP contribution < -0.4 is 4.74 Å². The van der Waals surface area contributed by atoms with Gasteiger partial charge in [-0.15, -0.1) is 0 Å². The second kappa shape index (κ2) is 5.23. The average Bonchev–Trinajstić information content (AvgIpc) is 2.19. The van der Waals surface area contributed by atoms with Gasteiger partial charge in [-0.2, -0.15) is 4.98 Å². The van der Waals surface area contributed by atoms with Gasteiger partial charge in [-0.05, 0) is 6.92 Å². The van der Waals surface area contributed by atoms with E-state index in [9.17, 15) is 4.39 Å². The van der Waals surface area contributed by atoms with Crippen LogP contribution in [0.15, 0.2) is 11.2 Å². The monoisotopic (exact) mass is 199 g/mol. The molecule has 0 radical (unpaired) electrons. The molecule has 6 heteroatoms. The maximum Gasteiger partial charge on any atom is 0.320 e. The van der Waals surface area contributed by atoms with Crippen LogP contribution in [0.5, 0.6) is 6.01 Å². The van der Waals surface area contributed by atoms with Gasteiger partial charge in [0, 0.05) is 13.3 Å². The molecule has 0 saturated heterocycles. The largest absolute Gasteiger partial charge is 0.436 e. The third-order valence-corrected chi connectivity index (χ3v) is 1.26. The predicted molar refractivity (Wildman–Crippen MR) is 48.3 cm³/mol. The van der Waals surface area contributed by atoms with Gasteiger partial charge in [0.25, 0.3) is 0 Å². The number of aliphatic imine (C=N–C) groups is 1. The van der Waals surface area contributed by atoms with Gasteiger partial charge in [-0.3, -0.25) is 0 Å². The standard InChI is InChI=1S/C8H10FN3O2/c1-3-10-7-6(9)4-11-8(12-7)14-5-13-2/h3-4H,5H2,1-2H3. The molecule has 0 aliphatic heterocycles. The zero-order valence-electron chi connectivity index (χ0n) is 7.90. The molecule has 0 aliphatic rings. The SMILES string of the molecule is CC=Nc1nc(OCOC)ncc1F. The molecule has 0 amide bonds. The molecule has 0 aliphatic carbocycles. The highest BCUT2D eigenvalue weighted by molar-refractivity contribution is 5.58. The fraction of sp³-hybridized carbons (Fsp3) is 0.375. The Labute approximate surface area is 80.6 Å². The lowest BCUT2D eigenvalue weighted by atomic mass is 10.5. The third kappa shape index (κ3) is 2.74. The van der Waals surface area contributed by atoms with E-state index < -0.39 is 5.82 Å². The summed E-state index contributed by atoms with van der Waals surface area (Å²) in [6.07, 6.45) is 2.44. The van der Waals surface area contributed by atoms with E-state index in [1.165, 1.54) is 13.3 Å². The predicted octanol–water partition coefficient (Wildman–Crippen LogP) is 1.32. The number of aromatic nitrogens is 2. The molecule has 1 aromatic heterocycles. The minimum Gasteiger partial charge on any atom is -0.436 e. The summed E-state index contributed by atoms with van der Waals surface area (Å²) < 4.78 is 22.5. The molecule has 1 rings (SSSR count). The molecule has 0 N–H and O–H groups in total. The highest BCUT2D eigenvalue weighted by Crippen LogP contribution is 2.15. The number of rotatable bonds is 4. The first kappa shape index (κ1) is 10.5. The van der Waals surface area contributed by atoms with Crippen molar-refractivity contribution >= 4 is 12.0 Å². The second-order valence-electron chi connectivity index (χ2n) is 2.26. The highest BCUT2D eigenvalue weighted by Gasteiger charge is 2.05. The van der Waals surface area contributed by atoms with Crippen LogP contribution >= 0.6 is 0 Å². The summed E-state index contributed by atoms with van der Waals surface area (Å²) in [6.45, 7) is 1.68. The molecule has 14 heavy (non-hydrogen) atoms. The minimum absolute atomic E-state index is 0.0148. The van der Waals surface area contributed by atoms with Crippen LogP contribution in [0.25, 0.3) is 0 Å². The lowest BCUT2D eigenvalue weighted by Gasteiger charge is -2.02. The Kier molecular flexibility index (Phi) is 3.93. The van der Waals surface area contributed by atoms with Crippen molar-refractivity contribution in [1.82, 2.24) is 9.97 Å². The summed E-state index contributed by atoms with van der Waals surface area (Å²) in [4.78, 5) is 11.0. The summed E-state index contributed by atoms with van der Waals surface area (Å²) >= 11 is 0. The van der Waals surface area contributed by atoms with Gasteiger partial charge in [-0.25, -0.2) is 14.4 Å². The fourth-order valence-corrected chi connectivity index (χ4v) is 0.736. The molecular weight excluding hydrogens is 189 g/mol. The number of hydrogen-bond acceptors (Lipinski definition) is 5. The van der Waals surface area contributed by atoms with Gasteiger partial charge in [0.05, 0.1) is 6.20 Å². The van der Waals surface area contributed by atoms with Gasteiger partial charge in [0.15, 0.2) is 18.4 Å². The lowest BCUT2D eigenvalue weighted by molar-refractivity contribution is 0.0442. The molecule has 0 aromatic carbocycles. The van der Waals surface area contributed by atoms with Gasteiger partial charge >= 0.3 is 6.01 Å². The van der Waals surface area contributed by atoms with Crippen molar-refractivity contribution in [2.24, 2.45) is 4.99 Å². The van der Waals surface area contributed by atoms with E-state index in [1.807, 2.05) is 0 Å². The summed E-state index contributed by atoms with van der Waals surface area (Å²) in [6, 6.07) is 0.0360. The number of methoxy groups -OCH3 is 1. The van der Waals surface area contributed by atoms with Gasteiger partial charge < -0.3 is 9.47 Å². The minimum atomic E-state index is -0.590. The molecule has 76 valence electrons. The first-order chi connectivity index (χ1) is 6.77. The average molecular weight is 199 g/mol. The lowest BCUT2D eigenvalue weighted by Crippen LogP contribution is -2.02. The zero-order chi connectivity index (χ0) is 10.4. The smallest absolute Gasteiger partial charge is 0.320 e. The van der Waals surface area contributed by atoms with Gasteiger partial charge in [-0.1, -0.05) is 0 Å². The van der Waals surface area contributed by atoms with Crippen molar-refractivity contribution in [3.8, 4) is 6.01 Å². The zero-order valence-corrected chi connectivity index (χ0v) is 7.90. The van der Waals surface area contributed by atoms with E-state index in [1.54, 1.807) is 6.92 Å². The molecule has 0 atom stereocenters. The molecule has 0 unspecified atom stereocenters. The Morgan fingerprint density at radius 3 is 3.07 bits per heavy atom. The van der Waals surface area contributed by atoms with Crippen LogP contribution in [0.4, 0.5) is 10.2 Å². The quantitative estimate of drug-likeness (QED) is 0.542. The van der Waals surface area contributed by atoms with Crippen molar-refractivity contribution in [1.29, 1.82) is 0 Å². The van der Waals surface area contributed by atoms with Crippen LogP contribution in [0, 0.1) is 5.82 Å². The summed E-state index contributed by atoms with van der Waals surface area (Å²) in [5, 5.41) is 0. The Hall–Kier alpha value is -1.56. The number of ether oxygens (including phenoxy) is 2. The molecule has 5 nitrogen and oxygen atoms in total. The number of halogens is 1. The molecule has 0 spiro atoms. The van der Waals surface area contributed by atoms with Gasteiger partial charge in [0.2, 0.25) is 0 Å². The van der Waals surface area contributed by atoms with E-state index in [4.69, 9.17) is 4.74 Å². The normalized spacial score (nSPS) is 10.8. The van der Waals surface area contributed by atoms with Crippen molar-refractivity contribution in [3.63, 3.8) is 0 Å². The molecule has 0 saturated carbocycles. The van der Waals surface area contributed by atoms with Crippen LogP contribution in [0.2, 0.25) is 0 Å². The molecule has 0 bridgehead atoms. The van der Waals surface area contributed by atoms with Crippen molar-refractivity contribution in [2.75, 3.05) is 13.9 Å². The van der Waals surface area contributed by atoms with Crippen LogP contribution in [-0.4, -0.2) is 30.1 Å². The van der Waals surface area contributed by atoms with Crippen LogP contribution in [-0.2, 0) is 4.74 Å². The molecule has 1 heterocycles. The van der Waals surface area contributed by atoms with Crippen LogP contribution in [0.1, 0.15) is 6.92 Å². The summed E-state index contributed by atoms with van der Waals surface area (Å²) in [7, 11) is 1.47. The summed E-state index contributed by atoms with van der Waals surface area (Å²) in [5.41, 5.74) is 0. The van der Waals surface area contributed by atoms with Crippen LogP contribution in [0.3, 0.4) is 0 Å². The first-order valence-electron chi connectivity index (χ1n) is 3.91. The Bertz CT molecular complexity index is 330. The van der Waals surface area contributed by atoms with Crippen molar-refractivity contribution in [3.05, 3.63) is 12.0 Å². The van der Waals surface area contributed by atoms with E-state index in [-0.39, 0.29) is 18.6 Å². The van der Waals surface area contributed by atoms with E-state index >= 15 is 0 Å². The molecular formula is C8H10FN3O2. The van der Waals surface area contributed by atoms with Crippen molar-refractivity contribution in [2.45, 2.75) is 6.92 Å². The van der Waals surface area contributed by atoms with Crippen molar-refractivity contribution < 1.29 is 13.9 Å². The topological polar surface area (TPSA) is 56.6 Å². The van der Waals surface area contributed by atoms with E-state index in [2.05, 4.69) is 19.7 Å². The fourth-order valence-electron chi connectivity index (χ4n) is 0.736. The third-order valence-electron chi connectivity index (χ3n) is 1.26. The summed E-state index contributed by atoms with van der Waals surface area (Å²) in [5.74, 6) is -0.638. The Morgan fingerprint density at radius 1 is 1.64 bits per heavy atom.